The molecule has 6 heteroatoms. The van der Waals surface area contributed by atoms with Gasteiger partial charge >= 0.3 is 6.11 Å². The highest BCUT2D eigenvalue weighted by atomic mass is 19.3. The van der Waals surface area contributed by atoms with E-state index in [-0.39, 0.29) is 5.92 Å². The monoisotopic (exact) mass is 540 g/mol. The van der Waals surface area contributed by atoms with Gasteiger partial charge < -0.3 is 4.74 Å². The predicted molar refractivity (Wildman–Crippen MR) is 139 cm³/mol. The highest BCUT2D eigenvalue weighted by Gasteiger charge is 2.46. The molecule has 4 fully saturated rings. The summed E-state index contributed by atoms with van der Waals surface area (Å²) in [5.41, 5.74) is 0.396. The quantitative estimate of drug-likeness (QED) is 0.258. The summed E-state index contributed by atoms with van der Waals surface area (Å²) in [6.07, 6.45) is 11.8. The molecule has 0 unspecified atom stereocenters. The second kappa shape index (κ2) is 12.1. The number of ether oxygens (including phenoxy) is 1. The van der Waals surface area contributed by atoms with Crippen LogP contribution in [-0.4, -0.2) is 12.2 Å². The molecular formula is C32H45F5O. The number of rotatable bonds is 6. The maximum atomic E-state index is 15.2. The molecule has 1 aromatic carbocycles. The molecule has 0 aromatic heterocycles. The van der Waals surface area contributed by atoms with Gasteiger partial charge in [0.15, 0.2) is 17.5 Å². The highest BCUT2D eigenvalue weighted by molar-refractivity contribution is 5.23. The van der Waals surface area contributed by atoms with Crippen molar-refractivity contribution in [1.29, 1.82) is 0 Å². The zero-order valence-corrected chi connectivity index (χ0v) is 22.9. The Hall–Kier alpha value is -1.17. The molecule has 5 rings (SSSR count). The van der Waals surface area contributed by atoms with E-state index in [1.54, 1.807) is 0 Å². The Balaban J connectivity index is 1.04. The minimum Gasteiger partial charge on any atom is -0.317 e. The molecule has 4 saturated carbocycles. The van der Waals surface area contributed by atoms with Crippen LogP contribution in [0, 0.1) is 53.0 Å². The topological polar surface area (TPSA) is 9.23 Å². The first-order valence-corrected chi connectivity index (χ1v) is 15.4. The second-order valence-corrected chi connectivity index (χ2v) is 13.3. The SMILES string of the molecule is CC1CCC(C2CCC(C3CCC(C(F)(F)OC4CCC(c5cc(F)c(F)c(F)c5)CC4)CC3)CC2)CC1. The molecule has 0 aliphatic heterocycles. The smallest absolute Gasteiger partial charge is 0.317 e. The van der Waals surface area contributed by atoms with E-state index < -0.39 is 35.6 Å². The van der Waals surface area contributed by atoms with Gasteiger partial charge in [-0.3, -0.25) is 0 Å². The maximum absolute atomic E-state index is 15.2. The molecule has 0 radical (unpaired) electrons. The van der Waals surface area contributed by atoms with Gasteiger partial charge in [-0.2, -0.15) is 8.78 Å². The minimum atomic E-state index is -3.13. The highest BCUT2D eigenvalue weighted by Crippen LogP contribution is 2.48. The summed E-state index contributed by atoms with van der Waals surface area (Å²) in [6, 6.07) is 2.06. The van der Waals surface area contributed by atoms with Crippen molar-refractivity contribution < 1.29 is 26.7 Å². The summed E-state index contributed by atoms with van der Waals surface area (Å²) in [5, 5.41) is 0. The van der Waals surface area contributed by atoms with Crippen LogP contribution in [0.2, 0.25) is 0 Å². The Morgan fingerprint density at radius 2 is 1.03 bits per heavy atom. The van der Waals surface area contributed by atoms with Crippen molar-refractivity contribution in [2.45, 2.75) is 128 Å². The van der Waals surface area contributed by atoms with Crippen molar-refractivity contribution >= 4 is 0 Å². The molecule has 4 aliphatic carbocycles. The average molecular weight is 541 g/mol. The standard InChI is InChI=1S/C32H45F5O/c1-20-2-4-21(5-3-20)22-6-8-23(9-7-22)24-10-14-27(15-11-24)32(36,37)38-28-16-12-25(13-17-28)26-18-29(33)31(35)30(34)19-26/h18-25,27-28H,2-17H2,1H3. The van der Waals surface area contributed by atoms with Gasteiger partial charge in [0.25, 0.3) is 0 Å². The van der Waals surface area contributed by atoms with Crippen LogP contribution in [0.15, 0.2) is 12.1 Å². The summed E-state index contributed by atoms with van der Waals surface area (Å²) in [4.78, 5) is 0. The summed E-state index contributed by atoms with van der Waals surface area (Å²) < 4.78 is 76.2. The zero-order valence-electron chi connectivity index (χ0n) is 22.9. The minimum absolute atomic E-state index is 0.166. The largest absolute Gasteiger partial charge is 0.358 e. The third kappa shape index (κ3) is 6.58. The molecule has 1 aromatic rings. The molecule has 38 heavy (non-hydrogen) atoms. The summed E-state index contributed by atoms with van der Waals surface area (Å²) in [7, 11) is 0. The van der Waals surface area contributed by atoms with E-state index in [1.807, 2.05) is 0 Å². The molecule has 214 valence electrons. The van der Waals surface area contributed by atoms with Crippen molar-refractivity contribution in [3.05, 3.63) is 35.1 Å². The normalized spacial score (nSPS) is 37.2. The van der Waals surface area contributed by atoms with E-state index in [9.17, 15) is 13.2 Å². The van der Waals surface area contributed by atoms with E-state index in [4.69, 9.17) is 4.74 Å². The van der Waals surface area contributed by atoms with Crippen LogP contribution in [0.5, 0.6) is 0 Å². The number of benzene rings is 1. The first kappa shape index (κ1) is 28.4. The molecule has 0 amide bonds. The third-order valence-electron chi connectivity index (χ3n) is 10.9. The summed E-state index contributed by atoms with van der Waals surface area (Å²) in [6.45, 7) is 2.38. The van der Waals surface area contributed by atoms with E-state index in [0.29, 0.717) is 55.9 Å². The van der Waals surface area contributed by atoms with Crippen molar-refractivity contribution in [3.8, 4) is 0 Å². The van der Waals surface area contributed by atoms with Gasteiger partial charge in [0.05, 0.1) is 12.0 Å². The Labute approximate surface area is 225 Å². The fourth-order valence-corrected chi connectivity index (χ4v) is 8.42. The number of hydrogen-bond donors (Lipinski definition) is 0. The first-order chi connectivity index (χ1) is 18.2. The van der Waals surface area contributed by atoms with Crippen molar-refractivity contribution in [1.82, 2.24) is 0 Å². The van der Waals surface area contributed by atoms with Gasteiger partial charge in [-0.25, -0.2) is 13.2 Å². The van der Waals surface area contributed by atoms with E-state index in [2.05, 4.69) is 6.92 Å². The van der Waals surface area contributed by atoms with Gasteiger partial charge in [-0.05, 0) is 143 Å². The molecule has 0 heterocycles. The average Bonchev–Trinajstić information content (AvgIpc) is 2.92. The van der Waals surface area contributed by atoms with Gasteiger partial charge in [0.2, 0.25) is 0 Å². The van der Waals surface area contributed by atoms with Crippen LogP contribution < -0.4 is 0 Å². The Morgan fingerprint density at radius 3 is 1.50 bits per heavy atom. The molecule has 0 spiro atoms. The predicted octanol–water partition coefficient (Wildman–Crippen LogP) is 10.2. The maximum Gasteiger partial charge on any atom is 0.358 e. The van der Waals surface area contributed by atoms with Crippen LogP contribution in [-0.2, 0) is 4.74 Å². The van der Waals surface area contributed by atoms with Gasteiger partial charge in [0, 0.05) is 0 Å². The Kier molecular flexibility index (Phi) is 9.06. The second-order valence-electron chi connectivity index (χ2n) is 13.3. The fourth-order valence-electron chi connectivity index (χ4n) is 8.42. The van der Waals surface area contributed by atoms with E-state index in [0.717, 1.165) is 42.7 Å². The van der Waals surface area contributed by atoms with Crippen LogP contribution in [0.25, 0.3) is 0 Å². The van der Waals surface area contributed by atoms with Gasteiger partial charge in [-0.15, -0.1) is 0 Å². The molecule has 0 bridgehead atoms. The molecule has 0 atom stereocenters. The number of hydrogen-bond acceptors (Lipinski definition) is 1. The Morgan fingerprint density at radius 1 is 0.605 bits per heavy atom. The lowest BCUT2D eigenvalue weighted by Gasteiger charge is -2.42. The molecular weight excluding hydrogens is 495 g/mol. The number of halogens is 5. The molecule has 4 aliphatic rings. The van der Waals surface area contributed by atoms with Crippen LogP contribution in [0.3, 0.4) is 0 Å². The first-order valence-electron chi connectivity index (χ1n) is 15.4. The van der Waals surface area contributed by atoms with E-state index in [1.165, 1.54) is 51.4 Å². The van der Waals surface area contributed by atoms with E-state index >= 15 is 8.78 Å². The molecule has 1 nitrogen and oxygen atoms in total. The van der Waals surface area contributed by atoms with Crippen LogP contribution >= 0.6 is 0 Å². The number of alkyl halides is 2. The lowest BCUT2D eigenvalue weighted by atomic mass is 9.65. The zero-order chi connectivity index (χ0) is 26.9. The molecule has 0 saturated heterocycles. The molecule has 0 N–H and O–H groups in total. The van der Waals surface area contributed by atoms with Crippen molar-refractivity contribution in [2.24, 2.45) is 35.5 Å². The summed E-state index contributed by atoms with van der Waals surface area (Å²) >= 11 is 0. The lowest BCUT2D eigenvalue weighted by molar-refractivity contribution is -0.301. The van der Waals surface area contributed by atoms with Crippen LogP contribution in [0.4, 0.5) is 22.0 Å². The third-order valence-corrected chi connectivity index (χ3v) is 10.9. The lowest BCUT2D eigenvalue weighted by Crippen LogP contribution is -2.39. The van der Waals surface area contributed by atoms with Crippen molar-refractivity contribution in [3.63, 3.8) is 0 Å². The Bertz CT molecular complexity index is 879. The fraction of sp³-hybridized carbons (Fsp3) is 0.812. The van der Waals surface area contributed by atoms with Gasteiger partial charge in [0.1, 0.15) is 0 Å². The van der Waals surface area contributed by atoms with Crippen molar-refractivity contribution in [2.75, 3.05) is 0 Å². The van der Waals surface area contributed by atoms with Crippen LogP contribution in [0.1, 0.15) is 121 Å². The summed E-state index contributed by atoms with van der Waals surface area (Å²) in [5.74, 6) is -0.759. The van der Waals surface area contributed by atoms with Gasteiger partial charge in [-0.1, -0.05) is 19.8 Å².